The van der Waals surface area contributed by atoms with E-state index in [0.717, 1.165) is 37.1 Å². The summed E-state index contributed by atoms with van der Waals surface area (Å²) < 4.78 is 5.80. The van der Waals surface area contributed by atoms with Gasteiger partial charge in [-0.3, -0.25) is 4.90 Å². The lowest BCUT2D eigenvalue weighted by atomic mass is 10.1. The fourth-order valence-electron chi connectivity index (χ4n) is 2.91. The van der Waals surface area contributed by atoms with Crippen molar-refractivity contribution in [1.82, 2.24) is 10.2 Å². The van der Waals surface area contributed by atoms with E-state index < -0.39 is 0 Å². The molecule has 2 atom stereocenters. The Morgan fingerprint density at radius 1 is 1.44 bits per heavy atom. The topological polar surface area (TPSA) is 28.4 Å². The second kappa shape index (κ2) is 5.89. The lowest BCUT2D eigenvalue weighted by Crippen LogP contribution is -2.26. The molecule has 1 aliphatic heterocycles. The van der Waals surface area contributed by atoms with Crippen LogP contribution in [0, 0.1) is 12.8 Å². The Bertz CT molecular complexity index is 386. The molecule has 2 unspecified atom stereocenters. The number of nitrogens with one attached hydrogen (secondary N) is 1. The molecule has 1 aromatic rings. The van der Waals surface area contributed by atoms with Crippen molar-refractivity contribution in [2.75, 3.05) is 13.1 Å². The maximum atomic E-state index is 5.80. The highest BCUT2D eigenvalue weighted by Gasteiger charge is 2.26. The molecule has 2 rings (SSSR count). The highest BCUT2D eigenvalue weighted by atomic mass is 16.3. The summed E-state index contributed by atoms with van der Waals surface area (Å²) in [5.74, 6) is 2.97. The third kappa shape index (κ3) is 3.15. The average Bonchev–Trinajstić information content (AvgIpc) is 2.81. The first-order valence-corrected chi connectivity index (χ1v) is 7.13. The highest BCUT2D eigenvalue weighted by molar-refractivity contribution is 5.21. The van der Waals surface area contributed by atoms with Crippen LogP contribution in [0.25, 0.3) is 0 Å². The van der Waals surface area contributed by atoms with Gasteiger partial charge in [-0.2, -0.15) is 0 Å². The number of hydrogen-bond acceptors (Lipinski definition) is 3. The van der Waals surface area contributed by atoms with E-state index in [1.807, 2.05) is 0 Å². The van der Waals surface area contributed by atoms with Crippen molar-refractivity contribution < 1.29 is 4.42 Å². The smallest absolute Gasteiger partial charge is 0.118 e. The molecule has 3 nitrogen and oxygen atoms in total. The van der Waals surface area contributed by atoms with Gasteiger partial charge in [-0.05, 0) is 38.8 Å². The van der Waals surface area contributed by atoms with Gasteiger partial charge in [0.25, 0.3) is 0 Å². The van der Waals surface area contributed by atoms with Gasteiger partial charge >= 0.3 is 0 Å². The van der Waals surface area contributed by atoms with Gasteiger partial charge in [0, 0.05) is 24.7 Å². The van der Waals surface area contributed by atoms with Gasteiger partial charge in [0.15, 0.2) is 0 Å². The van der Waals surface area contributed by atoms with Crippen LogP contribution in [0.5, 0.6) is 0 Å². The van der Waals surface area contributed by atoms with Gasteiger partial charge in [0.05, 0.1) is 6.54 Å². The van der Waals surface area contributed by atoms with E-state index in [4.69, 9.17) is 4.42 Å². The van der Waals surface area contributed by atoms with Crippen molar-refractivity contribution in [2.45, 2.75) is 53.2 Å². The van der Waals surface area contributed by atoms with Crippen LogP contribution in [0.2, 0.25) is 0 Å². The minimum Gasteiger partial charge on any atom is -0.465 e. The van der Waals surface area contributed by atoms with E-state index in [9.17, 15) is 0 Å². The number of nitrogens with zero attached hydrogens (tertiary/aromatic N) is 1. The molecule has 0 bridgehead atoms. The largest absolute Gasteiger partial charge is 0.465 e. The van der Waals surface area contributed by atoms with Crippen molar-refractivity contribution in [2.24, 2.45) is 5.92 Å². The fourth-order valence-corrected chi connectivity index (χ4v) is 2.91. The normalized spacial score (nSPS) is 24.9. The van der Waals surface area contributed by atoms with Crippen LogP contribution in [0.3, 0.4) is 0 Å². The summed E-state index contributed by atoms with van der Waals surface area (Å²) in [4.78, 5) is 2.57. The fraction of sp³-hybridized carbons (Fsp3) is 0.733. The van der Waals surface area contributed by atoms with Gasteiger partial charge in [0.2, 0.25) is 0 Å². The quantitative estimate of drug-likeness (QED) is 0.871. The van der Waals surface area contributed by atoms with Crippen molar-refractivity contribution >= 4 is 0 Å². The molecular weight excluding hydrogens is 224 g/mol. The summed E-state index contributed by atoms with van der Waals surface area (Å²) in [5, 5.41) is 3.31. The lowest BCUT2D eigenvalue weighted by molar-refractivity contribution is 0.255. The van der Waals surface area contributed by atoms with Crippen LogP contribution < -0.4 is 5.32 Å². The minimum atomic E-state index is 0.700. The van der Waals surface area contributed by atoms with E-state index in [1.54, 1.807) is 0 Å². The van der Waals surface area contributed by atoms with E-state index in [-0.39, 0.29) is 0 Å². The van der Waals surface area contributed by atoms with Crippen molar-refractivity contribution in [1.29, 1.82) is 0 Å². The molecule has 18 heavy (non-hydrogen) atoms. The maximum Gasteiger partial charge on any atom is 0.118 e. The summed E-state index contributed by atoms with van der Waals surface area (Å²) in [6.45, 7) is 12.9. The molecule has 1 aromatic heterocycles. The summed E-state index contributed by atoms with van der Waals surface area (Å²) in [7, 11) is 0. The van der Waals surface area contributed by atoms with Crippen LogP contribution in [0.1, 0.15) is 44.3 Å². The average molecular weight is 250 g/mol. The van der Waals surface area contributed by atoms with Crippen LogP contribution in [0.15, 0.2) is 10.5 Å². The number of rotatable bonds is 5. The molecule has 0 aliphatic carbocycles. The summed E-state index contributed by atoms with van der Waals surface area (Å²) in [6.07, 6.45) is 1.32. The van der Waals surface area contributed by atoms with E-state index in [1.165, 1.54) is 18.5 Å². The summed E-state index contributed by atoms with van der Waals surface area (Å²) >= 11 is 0. The van der Waals surface area contributed by atoms with Crippen LogP contribution in [-0.2, 0) is 13.1 Å². The van der Waals surface area contributed by atoms with Gasteiger partial charge in [-0.1, -0.05) is 13.8 Å². The molecule has 1 N–H and O–H groups in total. The molecule has 0 amide bonds. The van der Waals surface area contributed by atoms with E-state index >= 15 is 0 Å². The molecular formula is C15H26N2O. The predicted octanol–water partition coefficient (Wildman–Crippen LogP) is 2.93. The molecule has 2 heterocycles. The molecule has 1 fully saturated rings. The standard InChI is InChI=1S/C15H26N2O/c1-5-16-8-15-7-14(13(4)18-15)10-17-9-11(2)6-12(17)3/h7,11-12,16H,5-6,8-10H2,1-4H3. The first kappa shape index (κ1) is 13.6. The number of likely N-dealkylation sites (tertiary alicyclic amines) is 1. The number of furan rings is 1. The summed E-state index contributed by atoms with van der Waals surface area (Å²) in [6, 6.07) is 2.92. The Balaban J connectivity index is 1.98. The highest BCUT2D eigenvalue weighted by Crippen LogP contribution is 2.26. The Hall–Kier alpha value is -0.800. The number of aryl methyl sites for hydroxylation is 1. The summed E-state index contributed by atoms with van der Waals surface area (Å²) in [5.41, 5.74) is 1.35. The van der Waals surface area contributed by atoms with Crippen molar-refractivity contribution in [3.8, 4) is 0 Å². The van der Waals surface area contributed by atoms with Gasteiger partial charge in [-0.25, -0.2) is 0 Å². The van der Waals surface area contributed by atoms with Crippen molar-refractivity contribution in [3.05, 3.63) is 23.2 Å². The number of hydrogen-bond donors (Lipinski definition) is 1. The van der Waals surface area contributed by atoms with E-state index in [0.29, 0.717) is 6.04 Å². The molecule has 0 spiro atoms. The van der Waals surface area contributed by atoms with Gasteiger partial charge in [-0.15, -0.1) is 0 Å². The molecule has 0 saturated carbocycles. The Morgan fingerprint density at radius 3 is 2.83 bits per heavy atom. The maximum absolute atomic E-state index is 5.80. The Labute approximate surface area is 111 Å². The molecule has 0 radical (unpaired) electrons. The van der Waals surface area contributed by atoms with Gasteiger partial charge < -0.3 is 9.73 Å². The zero-order valence-corrected chi connectivity index (χ0v) is 12.1. The Kier molecular flexibility index (Phi) is 4.46. The first-order chi connectivity index (χ1) is 8.60. The third-order valence-corrected chi connectivity index (χ3v) is 3.91. The van der Waals surface area contributed by atoms with Crippen LogP contribution in [-0.4, -0.2) is 24.0 Å². The molecule has 3 heteroatoms. The molecule has 0 aromatic carbocycles. The van der Waals surface area contributed by atoms with Crippen LogP contribution >= 0.6 is 0 Å². The third-order valence-electron chi connectivity index (χ3n) is 3.91. The molecule has 1 aliphatic rings. The second-order valence-electron chi connectivity index (χ2n) is 5.69. The zero-order valence-electron chi connectivity index (χ0n) is 12.1. The SMILES string of the molecule is CCNCc1cc(CN2CC(C)CC2C)c(C)o1. The first-order valence-electron chi connectivity index (χ1n) is 7.13. The minimum absolute atomic E-state index is 0.700. The molecule has 1 saturated heterocycles. The van der Waals surface area contributed by atoms with Gasteiger partial charge in [0.1, 0.15) is 11.5 Å². The molecule has 102 valence electrons. The Morgan fingerprint density at radius 2 is 2.22 bits per heavy atom. The van der Waals surface area contributed by atoms with Crippen LogP contribution in [0.4, 0.5) is 0 Å². The second-order valence-corrected chi connectivity index (χ2v) is 5.69. The zero-order chi connectivity index (χ0) is 13.1. The van der Waals surface area contributed by atoms with Crippen molar-refractivity contribution in [3.63, 3.8) is 0 Å². The van der Waals surface area contributed by atoms with E-state index in [2.05, 4.69) is 44.0 Å². The predicted molar refractivity (Wildman–Crippen MR) is 74.5 cm³/mol. The lowest BCUT2D eigenvalue weighted by Gasteiger charge is -2.20. The monoisotopic (exact) mass is 250 g/mol.